The first-order valence-electron chi connectivity index (χ1n) is 8.70. The van der Waals surface area contributed by atoms with E-state index in [9.17, 15) is 10.1 Å². The third-order valence-electron chi connectivity index (χ3n) is 4.96. The van der Waals surface area contributed by atoms with Crippen LogP contribution in [-0.4, -0.2) is 24.7 Å². The quantitative estimate of drug-likeness (QED) is 0.429. The van der Waals surface area contributed by atoms with Crippen molar-refractivity contribution in [2.24, 2.45) is 0 Å². The van der Waals surface area contributed by atoms with Crippen LogP contribution in [0.3, 0.4) is 0 Å². The fourth-order valence-electron chi connectivity index (χ4n) is 3.72. The van der Waals surface area contributed by atoms with E-state index in [-0.39, 0.29) is 12.2 Å². The lowest BCUT2D eigenvalue weighted by atomic mass is 10.1. The van der Waals surface area contributed by atoms with Crippen LogP contribution in [0.25, 0.3) is 10.2 Å². The van der Waals surface area contributed by atoms with Crippen molar-refractivity contribution in [1.82, 2.24) is 19.7 Å². The van der Waals surface area contributed by atoms with Crippen LogP contribution < -0.4 is 5.73 Å². The first-order chi connectivity index (χ1) is 12.5. The van der Waals surface area contributed by atoms with Gasteiger partial charge in [-0.25, -0.2) is 9.97 Å². The summed E-state index contributed by atoms with van der Waals surface area (Å²) in [6.07, 6.45) is 5.74. The van der Waals surface area contributed by atoms with Gasteiger partial charge in [-0.2, -0.15) is 5.10 Å². The molecule has 3 heterocycles. The van der Waals surface area contributed by atoms with Crippen molar-refractivity contribution in [3.8, 4) is 0 Å². The lowest BCUT2D eigenvalue weighted by Gasteiger charge is -2.06. The average molecular weight is 372 g/mol. The van der Waals surface area contributed by atoms with Crippen LogP contribution >= 0.6 is 11.3 Å². The first-order valence-corrected chi connectivity index (χ1v) is 9.52. The van der Waals surface area contributed by atoms with Crippen molar-refractivity contribution < 1.29 is 4.92 Å². The Labute approximate surface area is 154 Å². The van der Waals surface area contributed by atoms with Crippen molar-refractivity contribution in [3.63, 3.8) is 0 Å². The van der Waals surface area contributed by atoms with E-state index in [0.717, 1.165) is 23.1 Å². The summed E-state index contributed by atoms with van der Waals surface area (Å²) in [4.78, 5) is 22.2. The number of anilines is 1. The van der Waals surface area contributed by atoms with Crippen LogP contribution in [0, 0.1) is 24.0 Å². The van der Waals surface area contributed by atoms with Crippen molar-refractivity contribution in [2.45, 2.75) is 52.5 Å². The van der Waals surface area contributed by atoms with Gasteiger partial charge in [0.05, 0.1) is 10.3 Å². The van der Waals surface area contributed by atoms with Gasteiger partial charge in [-0.15, -0.1) is 11.3 Å². The van der Waals surface area contributed by atoms with Gasteiger partial charge in [-0.05, 0) is 45.1 Å². The predicted octanol–water partition coefficient (Wildman–Crippen LogP) is 3.31. The molecule has 8 nitrogen and oxygen atoms in total. The van der Waals surface area contributed by atoms with E-state index in [1.807, 2.05) is 0 Å². The Morgan fingerprint density at radius 3 is 2.73 bits per heavy atom. The zero-order valence-electron chi connectivity index (χ0n) is 14.8. The molecule has 9 heteroatoms. The van der Waals surface area contributed by atoms with E-state index in [1.165, 1.54) is 29.7 Å². The van der Waals surface area contributed by atoms with Crippen LogP contribution in [0.2, 0.25) is 0 Å². The highest BCUT2D eigenvalue weighted by Gasteiger charge is 2.23. The molecule has 0 aliphatic heterocycles. The fraction of sp³-hybridized carbons (Fsp3) is 0.471. The maximum atomic E-state index is 11.2. The molecule has 0 amide bonds. The zero-order chi connectivity index (χ0) is 18.4. The maximum Gasteiger partial charge on any atom is 0.312 e. The van der Waals surface area contributed by atoms with Crippen LogP contribution in [0.15, 0.2) is 0 Å². The Balaban J connectivity index is 1.75. The molecule has 0 aromatic carbocycles. The van der Waals surface area contributed by atoms with E-state index in [2.05, 4.69) is 15.1 Å². The summed E-state index contributed by atoms with van der Waals surface area (Å²) in [5, 5.41) is 16.4. The number of thiophene rings is 1. The Morgan fingerprint density at radius 2 is 2.00 bits per heavy atom. The van der Waals surface area contributed by atoms with E-state index in [4.69, 9.17) is 5.73 Å². The third-order valence-corrected chi connectivity index (χ3v) is 6.14. The largest absolute Gasteiger partial charge is 0.383 e. The molecule has 0 radical (unpaired) electrons. The number of nitro groups is 1. The minimum atomic E-state index is -0.400. The molecule has 3 aromatic rings. The van der Waals surface area contributed by atoms with Gasteiger partial charge in [0.15, 0.2) is 5.82 Å². The molecule has 0 saturated heterocycles. The number of aromatic nitrogens is 4. The van der Waals surface area contributed by atoms with E-state index in [1.54, 1.807) is 29.9 Å². The number of hydrogen-bond acceptors (Lipinski definition) is 7. The summed E-state index contributed by atoms with van der Waals surface area (Å²) in [7, 11) is 0. The lowest BCUT2D eigenvalue weighted by molar-refractivity contribution is -0.386. The standard InChI is InChI=1S/C17H20N6O2S/c1-9-15(23(24)25)10(2)22(21-9)8-13-19-16(18)14-11-6-4-3-5-7-12(11)26-17(14)20-13/h3-8H2,1-2H3,(H2,18,19,20). The second kappa shape index (κ2) is 6.31. The minimum absolute atomic E-state index is 0.0434. The highest BCUT2D eigenvalue weighted by atomic mass is 32.1. The Morgan fingerprint density at radius 1 is 1.23 bits per heavy atom. The van der Waals surface area contributed by atoms with Crippen LogP contribution in [0.5, 0.6) is 0 Å². The molecule has 0 atom stereocenters. The minimum Gasteiger partial charge on any atom is -0.383 e. The summed E-state index contributed by atoms with van der Waals surface area (Å²) in [5.41, 5.74) is 8.52. The maximum absolute atomic E-state index is 11.2. The summed E-state index contributed by atoms with van der Waals surface area (Å²) in [5.74, 6) is 1.03. The van der Waals surface area contributed by atoms with Gasteiger partial charge in [-0.3, -0.25) is 14.8 Å². The summed E-state index contributed by atoms with van der Waals surface area (Å²) < 4.78 is 1.58. The Kier molecular flexibility index (Phi) is 4.10. The average Bonchev–Trinajstić information content (AvgIpc) is 2.94. The van der Waals surface area contributed by atoms with E-state index in [0.29, 0.717) is 23.0 Å². The van der Waals surface area contributed by atoms with Gasteiger partial charge >= 0.3 is 5.69 Å². The van der Waals surface area contributed by atoms with Crippen LogP contribution in [0.4, 0.5) is 11.5 Å². The topological polar surface area (TPSA) is 113 Å². The Hall–Kier alpha value is -2.55. The summed E-state index contributed by atoms with van der Waals surface area (Å²) >= 11 is 1.70. The normalized spacial score (nSPS) is 14.4. The number of hydrogen-bond donors (Lipinski definition) is 1. The van der Waals surface area contributed by atoms with Crippen molar-refractivity contribution in [1.29, 1.82) is 0 Å². The molecule has 0 saturated carbocycles. The second-order valence-electron chi connectivity index (χ2n) is 6.70. The number of aryl methyl sites for hydroxylation is 3. The van der Waals surface area contributed by atoms with Gasteiger partial charge in [0.1, 0.15) is 28.6 Å². The zero-order valence-corrected chi connectivity index (χ0v) is 15.6. The molecule has 4 rings (SSSR count). The van der Waals surface area contributed by atoms with E-state index >= 15 is 0 Å². The number of nitrogen functional groups attached to an aromatic ring is 1. The Bertz CT molecular complexity index is 1020. The molecular weight excluding hydrogens is 352 g/mol. The number of nitrogens with two attached hydrogens (primary N) is 1. The van der Waals surface area contributed by atoms with Gasteiger partial charge in [-0.1, -0.05) is 6.42 Å². The smallest absolute Gasteiger partial charge is 0.312 e. The molecular formula is C17H20N6O2S. The highest BCUT2D eigenvalue weighted by Crippen LogP contribution is 2.37. The predicted molar refractivity (Wildman–Crippen MR) is 101 cm³/mol. The van der Waals surface area contributed by atoms with Gasteiger partial charge in [0, 0.05) is 4.88 Å². The monoisotopic (exact) mass is 372 g/mol. The van der Waals surface area contributed by atoms with Crippen molar-refractivity contribution >= 4 is 33.1 Å². The second-order valence-corrected chi connectivity index (χ2v) is 7.79. The van der Waals surface area contributed by atoms with Crippen molar-refractivity contribution in [2.75, 3.05) is 5.73 Å². The van der Waals surface area contributed by atoms with Crippen molar-refractivity contribution in [3.05, 3.63) is 37.8 Å². The van der Waals surface area contributed by atoms with Gasteiger partial charge in [0.2, 0.25) is 0 Å². The third kappa shape index (κ3) is 2.72. The molecule has 1 aliphatic carbocycles. The molecule has 0 spiro atoms. The van der Waals surface area contributed by atoms with Crippen LogP contribution in [0.1, 0.15) is 46.9 Å². The molecule has 0 bridgehead atoms. The summed E-state index contributed by atoms with van der Waals surface area (Å²) in [6.45, 7) is 3.59. The SMILES string of the molecule is Cc1nn(Cc2nc(N)c3c4c(sc3n2)CCCCC4)c(C)c1[N+](=O)[O-]. The molecule has 0 fully saturated rings. The summed E-state index contributed by atoms with van der Waals surface area (Å²) in [6, 6.07) is 0. The van der Waals surface area contributed by atoms with E-state index < -0.39 is 4.92 Å². The van der Waals surface area contributed by atoms with Gasteiger partial charge < -0.3 is 5.73 Å². The molecule has 26 heavy (non-hydrogen) atoms. The first kappa shape index (κ1) is 16.9. The van der Waals surface area contributed by atoms with Gasteiger partial charge in [0.25, 0.3) is 0 Å². The van der Waals surface area contributed by atoms with Crippen LogP contribution in [-0.2, 0) is 19.4 Å². The molecule has 0 unspecified atom stereocenters. The molecule has 136 valence electrons. The number of fused-ring (bicyclic) bond motifs is 3. The fourth-order valence-corrected chi connectivity index (χ4v) is 5.01. The molecule has 1 aliphatic rings. The molecule has 3 aromatic heterocycles. The number of rotatable bonds is 3. The highest BCUT2D eigenvalue weighted by molar-refractivity contribution is 7.19. The number of nitrogens with zero attached hydrogens (tertiary/aromatic N) is 5. The lowest BCUT2D eigenvalue weighted by Crippen LogP contribution is -2.09. The molecule has 2 N–H and O–H groups in total.